The molecular weight excluding hydrogens is 368 g/mol. The fourth-order valence-electron chi connectivity index (χ4n) is 3.23. The van der Waals surface area contributed by atoms with E-state index in [0.717, 1.165) is 16.9 Å². The molecule has 0 unspecified atom stereocenters. The molecule has 0 spiro atoms. The predicted octanol–water partition coefficient (Wildman–Crippen LogP) is 3.33. The maximum atomic E-state index is 12.6. The number of nitrogens with one attached hydrogen (secondary N) is 1. The molecule has 0 radical (unpaired) electrons. The molecule has 29 heavy (non-hydrogen) atoms. The summed E-state index contributed by atoms with van der Waals surface area (Å²) in [5, 5.41) is 7.49. The van der Waals surface area contributed by atoms with E-state index in [1.807, 2.05) is 25.2 Å². The highest BCUT2D eigenvalue weighted by atomic mass is 16.6. The van der Waals surface area contributed by atoms with Crippen LogP contribution in [-0.4, -0.2) is 43.0 Å². The minimum atomic E-state index is -0.162. The normalized spacial score (nSPS) is 12.5. The summed E-state index contributed by atoms with van der Waals surface area (Å²) in [5.41, 5.74) is 3.92. The molecule has 0 fully saturated rings. The second kappa shape index (κ2) is 7.87. The molecule has 1 N–H and O–H groups in total. The summed E-state index contributed by atoms with van der Waals surface area (Å²) in [5.74, 6) is 2.00. The van der Waals surface area contributed by atoms with Crippen molar-refractivity contribution in [2.75, 3.05) is 37.5 Å². The molecule has 0 atom stereocenters. The lowest BCUT2D eigenvalue weighted by molar-refractivity contribution is -0.116. The monoisotopic (exact) mass is 392 g/mol. The summed E-state index contributed by atoms with van der Waals surface area (Å²) < 4.78 is 12.7. The van der Waals surface area contributed by atoms with Crippen LogP contribution in [0.25, 0.3) is 11.1 Å². The van der Waals surface area contributed by atoms with E-state index in [-0.39, 0.29) is 12.5 Å². The average Bonchev–Trinajstić information content (AvgIpc) is 3.12. The van der Waals surface area contributed by atoms with Crippen LogP contribution in [0.1, 0.15) is 5.56 Å². The second-order valence-electron chi connectivity index (χ2n) is 7.23. The van der Waals surface area contributed by atoms with Crippen LogP contribution in [0.5, 0.6) is 11.5 Å². The molecule has 3 aromatic rings. The van der Waals surface area contributed by atoms with Crippen LogP contribution in [0.3, 0.4) is 0 Å². The number of anilines is 2. The van der Waals surface area contributed by atoms with Gasteiger partial charge in [0.1, 0.15) is 19.8 Å². The van der Waals surface area contributed by atoms with Gasteiger partial charge in [-0.25, -0.2) is 0 Å². The summed E-state index contributed by atoms with van der Waals surface area (Å²) in [6, 6.07) is 13.7. The van der Waals surface area contributed by atoms with Crippen LogP contribution in [-0.2, 0) is 11.3 Å². The Morgan fingerprint density at radius 3 is 2.55 bits per heavy atom. The van der Waals surface area contributed by atoms with Crippen molar-refractivity contribution >= 4 is 17.4 Å². The van der Waals surface area contributed by atoms with Crippen molar-refractivity contribution in [2.24, 2.45) is 0 Å². The molecule has 0 saturated heterocycles. The first-order chi connectivity index (χ1) is 14.0. The number of hydrogen-bond donors (Lipinski definition) is 1. The molecule has 0 aliphatic carbocycles. The average molecular weight is 392 g/mol. The summed E-state index contributed by atoms with van der Waals surface area (Å²) in [7, 11) is 3.89. The van der Waals surface area contributed by atoms with Gasteiger partial charge >= 0.3 is 0 Å². The number of amides is 1. The van der Waals surface area contributed by atoms with Gasteiger partial charge in [0, 0.05) is 37.6 Å². The van der Waals surface area contributed by atoms with Gasteiger partial charge in [-0.15, -0.1) is 0 Å². The van der Waals surface area contributed by atoms with Gasteiger partial charge in [0.05, 0.1) is 0 Å². The van der Waals surface area contributed by atoms with Crippen molar-refractivity contribution < 1.29 is 14.3 Å². The molecule has 1 amide bonds. The lowest BCUT2D eigenvalue weighted by Crippen LogP contribution is -2.20. The number of nitrogens with zero attached hydrogens (tertiary/aromatic N) is 3. The van der Waals surface area contributed by atoms with Gasteiger partial charge in [-0.3, -0.25) is 9.48 Å². The number of fused-ring (bicyclic) bond motifs is 1. The SMILES string of the molecule is Cc1ccc(-c2cn(CC(=O)Nc3ccc4c(c3)OCCO4)nc2N(C)C)cc1. The lowest BCUT2D eigenvalue weighted by Gasteiger charge is -2.19. The first kappa shape index (κ1) is 18.9. The quantitative estimate of drug-likeness (QED) is 0.721. The van der Waals surface area contributed by atoms with Crippen molar-refractivity contribution in [1.29, 1.82) is 0 Å². The Hall–Kier alpha value is -3.48. The number of ether oxygens (including phenoxy) is 2. The first-order valence-electron chi connectivity index (χ1n) is 9.51. The molecular formula is C22H24N4O3. The van der Waals surface area contributed by atoms with Gasteiger partial charge in [0.2, 0.25) is 5.91 Å². The zero-order valence-corrected chi connectivity index (χ0v) is 16.8. The number of carbonyl (C=O) groups is 1. The van der Waals surface area contributed by atoms with Gasteiger partial charge in [0.25, 0.3) is 0 Å². The molecule has 7 nitrogen and oxygen atoms in total. The number of aromatic nitrogens is 2. The van der Waals surface area contributed by atoms with E-state index in [9.17, 15) is 4.79 Å². The lowest BCUT2D eigenvalue weighted by atomic mass is 10.1. The number of carbonyl (C=O) groups excluding carboxylic acids is 1. The summed E-state index contributed by atoms with van der Waals surface area (Å²) >= 11 is 0. The topological polar surface area (TPSA) is 68.6 Å². The van der Waals surface area contributed by atoms with E-state index < -0.39 is 0 Å². The fourth-order valence-corrected chi connectivity index (χ4v) is 3.23. The highest BCUT2D eigenvalue weighted by Gasteiger charge is 2.16. The van der Waals surface area contributed by atoms with Gasteiger partial charge in [-0.2, -0.15) is 5.10 Å². The standard InChI is InChI=1S/C22H24N4O3/c1-15-4-6-16(7-5-15)18-13-26(24-22(18)25(2)3)14-21(27)23-17-8-9-19-20(12-17)29-11-10-28-19/h4-9,12-13H,10-11,14H2,1-3H3,(H,23,27). The minimum Gasteiger partial charge on any atom is -0.486 e. The summed E-state index contributed by atoms with van der Waals surface area (Å²) in [6.45, 7) is 3.21. The zero-order chi connectivity index (χ0) is 20.4. The smallest absolute Gasteiger partial charge is 0.246 e. The maximum Gasteiger partial charge on any atom is 0.246 e. The molecule has 1 aliphatic heterocycles. The fraction of sp³-hybridized carbons (Fsp3) is 0.273. The summed E-state index contributed by atoms with van der Waals surface area (Å²) in [4.78, 5) is 14.5. The predicted molar refractivity (Wildman–Crippen MR) is 113 cm³/mol. The maximum absolute atomic E-state index is 12.6. The molecule has 7 heteroatoms. The first-order valence-corrected chi connectivity index (χ1v) is 9.51. The van der Waals surface area contributed by atoms with Crippen LogP contribution in [0, 0.1) is 6.92 Å². The second-order valence-corrected chi connectivity index (χ2v) is 7.23. The number of rotatable bonds is 5. The molecule has 0 saturated carbocycles. The number of benzene rings is 2. The Labute approximate surface area is 169 Å². The van der Waals surface area contributed by atoms with Crippen molar-refractivity contribution in [3.8, 4) is 22.6 Å². The Morgan fingerprint density at radius 2 is 1.83 bits per heavy atom. The number of hydrogen-bond acceptors (Lipinski definition) is 5. The van der Waals surface area contributed by atoms with E-state index in [4.69, 9.17) is 9.47 Å². The molecule has 4 rings (SSSR count). The Bertz CT molecular complexity index is 1030. The third-order valence-electron chi connectivity index (χ3n) is 4.66. The molecule has 2 heterocycles. The molecule has 1 aromatic heterocycles. The van der Waals surface area contributed by atoms with Crippen LogP contribution in [0.2, 0.25) is 0 Å². The largest absolute Gasteiger partial charge is 0.486 e. The van der Waals surface area contributed by atoms with Crippen molar-refractivity contribution in [3.63, 3.8) is 0 Å². The van der Waals surface area contributed by atoms with Gasteiger partial charge in [-0.1, -0.05) is 29.8 Å². The van der Waals surface area contributed by atoms with E-state index >= 15 is 0 Å². The third kappa shape index (κ3) is 4.18. The van der Waals surface area contributed by atoms with Crippen LogP contribution in [0.15, 0.2) is 48.7 Å². The van der Waals surface area contributed by atoms with E-state index in [1.54, 1.807) is 22.9 Å². The van der Waals surface area contributed by atoms with Crippen molar-refractivity contribution in [1.82, 2.24) is 9.78 Å². The van der Waals surface area contributed by atoms with Crippen LogP contribution < -0.4 is 19.7 Å². The van der Waals surface area contributed by atoms with Gasteiger partial charge in [0.15, 0.2) is 17.3 Å². The summed E-state index contributed by atoms with van der Waals surface area (Å²) in [6.07, 6.45) is 1.91. The van der Waals surface area contributed by atoms with Gasteiger partial charge < -0.3 is 19.7 Å². The Kier molecular flexibility index (Phi) is 5.12. The Balaban J connectivity index is 1.51. The highest BCUT2D eigenvalue weighted by Crippen LogP contribution is 2.33. The third-order valence-corrected chi connectivity index (χ3v) is 4.66. The van der Waals surface area contributed by atoms with E-state index in [1.165, 1.54) is 5.56 Å². The highest BCUT2D eigenvalue weighted by molar-refractivity contribution is 5.91. The van der Waals surface area contributed by atoms with Crippen molar-refractivity contribution in [2.45, 2.75) is 13.5 Å². The molecule has 1 aliphatic rings. The molecule has 150 valence electrons. The van der Waals surface area contributed by atoms with Crippen LogP contribution >= 0.6 is 0 Å². The van der Waals surface area contributed by atoms with Gasteiger partial charge in [-0.05, 0) is 24.6 Å². The zero-order valence-electron chi connectivity index (χ0n) is 16.8. The van der Waals surface area contributed by atoms with E-state index in [2.05, 4.69) is 41.6 Å². The van der Waals surface area contributed by atoms with E-state index in [0.29, 0.717) is 30.4 Å². The van der Waals surface area contributed by atoms with Crippen molar-refractivity contribution in [3.05, 3.63) is 54.2 Å². The number of aryl methyl sites for hydroxylation is 1. The molecule has 0 bridgehead atoms. The Morgan fingerprint density at radius 1 is 1.10 bits per heavy atom. The molecule has 2 aromatic carbocycles. The minimum absolute atomic E-state index is 0.112. The van der Waals surface area contributed by atoms with Crippen LogP contribution in [0.4, 0.5) is 11.5 Å².